The highest BCUT2D eigenvalue weighted by molar-refractivity contribution is 6.31. The molecule has 0 aromatic carbocycles. The third kappa shape index (κ3) is 3.30. The number of nitrogens with zero attached hydrogens (tertiary/aromatic N) is 3. The number of likely N-dealkylation sites (tertiary alicyclic amines) is 1. The van der Waals surface area contributed by atoms with Gasteiger partial charge in [-0.3, -0.25) is 9.48 Å². The van der Waals surface area contributed by atoms with Crippen molar-refractivity contribution in [2.24, 2.45) is 18.7 Å². The average Bonchev–Trinajstić information content (AvgIpc) is 2.69. The van der Waals surface area contributed by atoms with Crippen molar-refractivity contribution in [3.63, 3.8) is 0 Å². The molecule has 5 nitrogen and oxygen atoms in total. The van der Waals surface area contributed by atoms with Crippen LogP contribution in [0.1, 0.15) is 31.0 Å². The highest BCUT2D eigenvalue weighted by Gasteiger charge is 2.29. The molecule has 0 saturated carbocycles. The molecule has 1 aromatic heterocycles. The highest BCUT2D eigenvalue weighted by Crippen LogP contribution is 2.24. The molecule has 0 aliphatic carbocycles. The van der Waals surface area contributed by atoms with Crippen LogP contribution < -0.4 is 5.73 Å². The zero-order valence-electron chi connectivity index (χ0n) is 12.8. The van der Waals surface area contributed by atoms with Gasteiger partial charge in [0.2, 0.25) is 5.91 Å². The maximum atomic E-state index is 12.4. The molecule has 0 radical (unpaired) electrons. The second-order valence-corrected chi connectivity index (χ2v) is 6.06. The van der Waals surface area contributed by atoms with E-state index in [1.165, 1.54) is 0 Å². The number of aryl methyl sites for hydroxylation is 2. The Bertz CT molecular complexity index is 552. The molecule has 6 heteroatoms. The van der Waals surface area contributed by atoms with E-state index in [2.05, 4.69) is 12.0 Å². The van der Waals surface area contributed by atoms with E-state index in [1.54, 1.807) is 23.9 Å². The van der Waals surface area contributed by atoms with Crippen molar-refractivity contribution < 1.29 is 4.79 Å². The van der Waals surface area contributed by atoms with Crippen LogP contribution in [-0.4, -0.2) is 39.7 Å². The quantitative estimate of drug-likeness (QED) is 0.868. The maximum Gasteiger partial charge on any atom is 0.246 e. The van der Waals surface area contributed by atoms with Gasteiger partial charge < -0.3 is 10.6 Å². The average molecular weight is 311 g/mol. The zero-order chi connectivity index (χ0) is 15.6. The fourth-order valence-electron chi connectivity index (χ4n) is 2.97. The first-order valence-electron chi connectivity index (χ1n) is 7.33. The van der Waals surface area contributed by atoms with Crippen LogP contribution in [0.5, 0.6) is 0 Å². The molecule has 2 heterocycles. The van der Waals surface area contributed by atoms with Gasteiger partial charge in [0, 0.05) is 37.8 Å². The number of amides is 1. The Labute approximate surface area is 130 Å². The summed E-state index contributed by atoms with van der Waals surface area (Å²) in [6.45, 7) is 5.31. The first kappa shape index (κ1) is 16.0. The van der Waals surface area contributed by atoms with Gasteiger partial charge in [0.05, 0.1) is 5.69 Å². The Hall–Kier alpha value is -1.33. The minimum Gasteiger partial charge on any atom is -0.335 e. The Kier molecular flexibility index (Phi) is 5.06. The van der Waals surface area contributed by atoms with Gasteiger partial charge in [-0.25, -0.2) is 0 Å². The summed E-state index contributed by atoms with van der Waals surface area (Å²) in [6.07, 6.45) is 5.49. The molecule has 116 valence electrons. The summed E-state index contributed by atoms with van der Waals surface area (Å²) in [4.78, 5) is 14.3. The number of carbonyl (C=O) groups is 1. The first-order chi connectivity index (χ1) is 9.95. The Morgan fingerprint density at radius 2 is 2.29 bits per heavy atom. The van der Waals surface area contributed by atoms with Crippen molar-refractivity contribution in [2.75, 3.05) is 13.1 Å². The molecule has 2 atom stereocenters. The largest absolute Gasteiger partial charge is 0.335 e. The van der Waals surface area contributed by atoms with Gasteiger partial charge in [-0.2, -0.15) is 5.10 Å². The van der Waals surface area contributed by atoms with E-state index in [1.807, 2.05) is 11.8 Å². The summed E-state index contributed by atoms with van der Waals surface area (Å²) < 4.78 is 1.60. The molecule has 0 bridgehead atoms. The number of carbonyl (C=O) groups excluding carboxylic acids is 1. The number of nitrogens with two attached hydrogens (primary N) is 1. The van der Waals surface area contributed by atoms with E-state index in [9.17, 15) is 4.79 Å². The van der Waals surface area contributed by atoms with Crippen molar-refractivity contribution in [3.8, 4) is 0 Å². The Balaban J connectivity index is 2.15. The van der Waals surface area contributed by atoms with Crippen LogP contribution in [0.2, 0.25) is 5.15 Å². The third-order valence-corrected chi connectivity index (χ3v) is 4.68. The molecule has 1 aliphatic rings. The van der Waals surface area contributed by atoms with E-state index < -0.39 is 0 Å². The van der Waals surface area contributed by atoms with Crippen molar-refractivity contribution >= 4 is 23.6 Å². The molecule has 2 N–H and O–H groups in total. The van der Waals surface area contributed by atoms with Gasteiger partial charge in [-0.05, 0) is 31.8 Å². The second-order valence-electron chi connectivity index (χ2n) is 5.70. The fraction of sp³-hybridized carbons (Fsp3) is 0.600. The number of piperidine rings is 1. The van der Waals surface area contributed by atoms with E-state index in [4.69, 9.17) is 17.3 Å². The number of hydrogen-bond acceptors (Lipinski definition) is 3. The zero-order valence-corrected chi connectivity index (χ0v) is 13.6. The highest BCUT2D eigenvalue weighted by atomic mass is 35.5. The molecule has 2 rings (SSSR count). The van der Waals surface area contributed by atoms with E-state index in [0.29, 0.717) is 17.6 Å². The molecule has 1 aliphatic heterocycles. The minimum atomic E-state index is -0.00341. The third-order valence-electron chi connectivity index (χ3n) is 4.23. The molecule has 1 fully saturated rings. The van der Waals surface area contributed by atoms with Gasteiger partial charge in [-0.1, -0.05) is 18.5 Å². The van der Waals surface area contributed by atoms with Crippen LogP contribution in [-0.2, 0) is 11.8 Å². The van der Waals surface area contributed by atoms with Crippen molar-refractivity contribution in [1.29, 1.82) is 0 Å². The lowest BCUT2D eigenvalue weighted by atomic mass is 9.90. The lowest BCUT2D eigenvalue weighted by Gasteiger charge is -2.38. The van der Waals surface area contributed by atoms with E-state index in [0.717, 1.165) is 30.6 Å². The predicted octanol–water partition coefficient (Wildman–Crippen LogP) is 1.98. The van der Waals surface area contributed by atoms with Gasteiger partial charge in [0.25, 0.3) is 0 Å². The van der Waals surface area contributed by atoms with Crippen molar-refractivity contribution in [2.45, 2.75) is 32.7 Å². The molecule has 21 heavy (non-hydrogen) atoms. The van der Waals surface area contributed by atoms with Gasteiger partial charge in [0.15, 0.2) is 0 Å². The summed E-state index contributed by atoms with van der Waals surface area (Å²) >= 11 is 6.17. The number of rotatable bonds is 3. The lowest BCUT2D eigenvalue weighted by molar-refractivity contribution is -0.130. The molecule has 1 amide bonds. The van der Waals surface area contributed by atoms with Crippen LogP contribution in [0.4, 0.5) is 0 Å². The minimum absolute atomic E-state index is 0.00341. The Morgan fingerprint density at radius 1 is 1.57 bits per heavy atom. The SMILES string of the molecule is Cc1nn(C)c(Cl)c1/C=C/C(=O)N1CCCC(C)C1CN. The summed E-state index contributed by atoms with van der Waals surface area (Å²) in [5, 5.41) is 4.77. The lowest BCUT2D eigenvalue weighted by Crippen LogP contribution is -2.50. The van der Waals surface area contributed by atoms with Crippen LogP contribution in [0, 0.1) is 12.8 Å². The fourth-order valence-corrected chi connectivity index (χ4v) is 3.21. The van der Waals surface area contributed by atoms with Crippen LogP contribution in [0.25, 0.3) is 6.08 Å². The summed E-state index contributed by atoms with van der Waals surface area (Å²) in [6, 6.07) is 0.126. The predicted molar refractivity (Wildman–Crippen MR) is 84.9 cm³/mol. The molecule has 1 aromatic rings. The first-order valence-corrected chi connectivity index (χ1v) is 7.71. The molecular weight excluding hydrogens is 288 g/mol. The molecular formula is C15H23ClN4O. The smallest absolute Gasteiger partial charge is 0.246 e. The van der Waals surface area contributed by atoms with Crippen LogP contribution in [0.15, 0.2) is 6.08 Å². The van der Waals surface area contributed by atoms with Crippen molar-refractivity contribution in [1.82, 2.24) is 14.7 Å². The maximum absolute atomic E-state index is 12.4. The van der Waals surface area contributed by atoms with E-state index >= 15 is 0 Å². The van der Waals surface area contributed by atoms with Gasteiger partial charge >= 0.3 is 0 Å². The standard InChI is InChI=1S/C15H23ClN4O/c1-10-5-4-8-20(13(10)9-17)14(21)7-6-12-11(2)18-19(3)15(12)16/h6-7,10,13H,4-5,8-9,17H2,1-3H3/b7-6+. The van der Waals surface area contributed by atoms with E-state index in [-0.39, 0.29) is 11.9 Å². The molecule has 2 unspecified atom stereocenters. The Morgan fingerprint density at radius 3 is 2.86 bits per heavy atom. The van der Waals surface area contributed by atoms with Crippen molar-refractivity contribution in [3.05, 3.63) is 22.5 Å². The molecule has 1 saturated heterocycles. The monoisotopic (exact) mass is 310 g/mol. The van der Waals surface area contributed by atoms with Gasteiger partial charge in [0.1, 0.15) is 5.15 Å². The number of halogens is 1. The van der Waals surface area contributed by atoms with Crippen LogP contribution in [0.3, 0.4) is 0 Å². The second kappa shape index (κ2) is 6.62. The van der Waals surface area contributed by atoms with Gasteiger partial charge in [-0.15, -0.1) is 0 Å². The number of hydrogen-bond donors (Lipinski definition) is 1. The summed E-state index contributed by atoms with van der Waals surface area (Å²) in [7, 11) is 1.78. The normalized spacial score (nSPS) is 23.0. The molecule has 0 spiro atoms. The van der Waals surface area contributed by atoms with Crippen LogP contribution >= 0.6 is 11.6 Å². The summed E-state index contributed by atoms with van der Waals surface area (Å²) in [5.74, 6) is 0.445. The topological polar surface area (TPSA) is 64.2 Å². The number of aromatic nitrogens is 2. The summed E-state index contributed by atoms with van der Waals surface area (Å²) in [5.41, 5.74) is 7.44.